The number of esters is 1. The van der Waals surface area contributed by atoms with Crippen LogP contribution in [0.4, 0.5) is 5.69 Å². The van der Waals surface area contributed by atoms with Gasteiger partial charge in [-0.2, -0.15) is 0 Å². The lowest BCUT2D eigenvalue weighted by molar-refractivity contribution is -0.385. The lowest BCUT2D eigenvalue weighted by Crippen LogP contribution is -2.23. The summed E-state index contributed by atoms with van der Waals surface area (Å²) in [6, 6.07) is 12.6. The minimum atomic E-state index is -2.05. The number of carbonyl (C=O) groups is 1. The standard InChI is InChI=1S/C17H9Cl4NO4S/c18-13-11-6-1-2-7-12(11)27-14(13)16(23)26-15(17(19,20)21)9-4-3-5-10(8-9)22(24)25/h1-8,15H/t15-/m1/s1. The van der Waals surface area contributed by atoms with Crippen molar-refractivity contribution in [3.05, 3.63) is 74.1 Å². The summed E-state index contributed by atoms with van der Waals surface area (Å²) in [7, 11) is 0. The Labute approximate surface area is 177 Å². The summed E-state index contributed by atoms with van der Waals surface area (Å²) < 4.78 is 4.15. The number of hydrogen-bond acceptors (Lipinski definition) is 5. The molecule has 0 saturated carbocycles. The number of nitro benzene ring substituents is 1. The fourth-order valence-corrected chi connectivity index (χ4v) is 4.33. The lowest BCUT2D eigenvalue weighted by Gasteiger charge is -2.24. The van der Waals surface area contributed by atoms with Crippen molar-refractivity contribution in [2.24, 2.45) is 0 Å². The molecule has 0 radical (unpaired) electrons. The van der Waals surface area contributed by atoms with E-state index in [-0.39, 0.29) is 21.2 Å². The van der Waals surface area contributed by atoms with E-state index in [0.717, 1.165) is 16.0 Å². The highest BCUT2D eigenvalue weighted by Gasteiger charge is 2.39. The van der Waals surface area contributed by atoms with Gasteiger partial charge in [0.25, 0.3) is 5.69 Å². The first-order valence-electron chi connectivity index (χ1n) is 7.37. The smallest absolute Gasteiger partial charge is 0.350 e. The van der Waals surface area contributed by atoms with Crippen LogP contribution in [0.2, 0.25) is 5.02 Å². The van der Waals surface area contributed by atoms with Crippen molar-refractivity contribution >= 4 is 79.5 Å². The van der Waals surface area contributed by atoms with Crippen LogP contribution in [0, 0.1) is 10.1 Å². The van der Waals surface area contributed by atoms with Gasteiger partial charge in [0.2, 0.25) is 3.79 Å². The largest absolute Gasteiger partial charge is 0.449 e. The molecule has 2 aromatic carbocycles. The Morgan fingerprint density at radius 1 is 1.15 bits per heavy atom. The summed E-state index contributed by atoms with van der Waals surface area (Å²) in [6.07, 6.45) is -1.36. The van der Waals surface area contributed by atoms with Crippen molar-refractivity contribution in [1.29, 1.82) is 0 Å². The van der Waals surface area contributed by atoms with Crippen LogP contribution in [-0.2, 0) is 4.74 Å². The number of benzene rings is 2. The van der Waals surface area contributed by atoms with Crippen LogP contribution in [0.1, 0.15) is 21.3 Å². The first-order valence-corrected chi connectivity index (χ1v) is 9.70. The Morgan fingerprint density at radius 3 is 2.48 bits per heavy atom. The van der Waals surface area contributed by atoms with Gasteiger partial charge in [0.05, 0.1) is 9.95 Å². The molecule has 0 fully saturated rings. The summed E-state index contributed by atoms with van der Waals surface area (Å²) >= 11 is 25.3. The quantitative estimate of drug-likeness (QED) is 0.186. The van der Waals surface area contributed by atoms with Crippen molar-refractivity contribution in [3.8, 4) is 0 Å². The van der Waals surface area contributed by atoms with Gasteiger partial charge in [-0.1, -0.05) is 76.7 Å². The molecule has 27 heavy (non-hydrogen) atoms. The Balaban J connectivity index is 1.97. The number of carbonyl (C=O) groups excluding carboxylic acids is 1. The summed E-state index contributed by atoms with van der Waals surface area (Å²) in [5.41, 5.74) is -0.0440. The van der Waals surface area contributed by atoms with Gasteiger partial charge in [0.1, 0.15) is 4.88 Å². The molecular weight excluding hydrogens is 456 g/mol. The van der Waals surface area contributed by atoms with E-state index in [0.29, 0.717) is 5.39 Å². The molecule has 10 heteroatoms. The van der Waals surface area contributed by atoms with E-state index in [9.17, 15) is 14.9 Å². The molecule has 0 bridgehead atoms. The van der Waals surface area contributed by atoms with Gasteiger partial charge >= 0.3 is 5.97 Å². The average molecular weight is 465 g/mol. The number of nitro groups is 1. The Hall–Kier alpha value is -1.57. The summed E-state index contributed by atoms with van der Waals surface area (Å²) in [4.78, 5) is 23.2. The van der Waals surface area contributed by atoms with Gasteiger partial charge in [-0.15, -0.1) is 11.3 Å². The molecule has 0 aliphatic carbocycles. The van der Waals surface area contributed by atoms with Gasteiger partial charge in [0.15, 0.2) is 6.10 Å². The number of fused-ring (bicyclic) bond motifs is 1. The zero-order chi connectivity index (χ0) is 19.8. The monoisotopic (exact) mass is 463 g/mol. The molecule has 3 rings (SSSR count). The summed E-state index contributed by atoms with van der Waals surface area (Å²) in [5, 5.41) is 11.9. The second-order valence-electron chi connectivity index (χ2n) is 5.42. The number of alkyl halides is 3. The van der Waals surface area contributed by atoms with Gasteiger partial charge in [0, 0.05) is 27.8 Å². The summed E-state index contributed by atoms with van der Waals surface area (Å²) in [5.74, 6) is -0.788. The lowest BCUT2D eigenvalue weighted by atomic mass is 10.1. The highest BCUT2D eigenvalue weighted by Crippen LogP contribution is 2.44. The van der Waals surface area contributed by atoms with Gasteiger partial charge < -0.3 is 4.74 Å². The maximum absolute atomic E-state index is 12.7. The number of nitrogens with zero attached hydrogens (tertiary/aromatic N) is 1. The van der Waals surface area contributed by atoms with Crippen molar-refractivity contribution in [3.63, 3.8) is 0 Å². The van der Waals surface area contributed by atoms with E-state index in [4.69, 9.17) is 51.1 Å². The Morgan fingerprint density at radius 2 is 1.85 bits per heavy atom. The predicted octanol–water partition coefficient (Wildman–Crippen LogP) is 6.73. The third kappa shape index (κ3) is 4.31. The number of ether oxygens (including phenoxy) is 1. The average Bonchev–Trinajstić information content (AvgIpc) is 2.96. The molecule has 0 spiro atoms. The fourth-order valence-electron chi connectivity index (χ4n) is 2.43. The number of halogens is 4. The molecule has 0 saturated heterocycles. The van der Waals surface area contributed by atoms with Crippen molar-refractivity contribution in [2.75, 3.05) is 0 Å². The van der Waals surface area contributed by atoms with Crippen molar-refractivity contribution < 1.29 is 14.5 Å². The van der Waals surface area contributed by atoms with Crippen LogP contribution < -0.4 is 0 Å². The van der Waals surface area contributed by atoms with E-state index < -0.39 is 20.8 Å². The number of hydrogen-bond donors (Lipinski definition) is 0. The van der Waals surface area contributed by atoms with E-state index in [2.05, 4.69) is 0 Å². The normalized spacial score (nSPS) is 12.7. The zero-order valence-corrected chi connectivity index (χ0v) is 17.0. The van der Waals surface area contributed by atoms with E-state index in [1.807, 2.05) is 12.1 Å². The van der Waals surface area contributed by atoms with Gasteiger partial charge in [-0.3, -0.25) is 10.1 Å². The van der Waals surface area contributed by atoms with Crippen LogP contribution in [0.5, 0.6) is 0 Å². The van der Waals surface area contributed by atoms with Gasteiger partial charge in [-0.05, 0) is 6.07 Å². The molecule has 140 valence electrons. The maximum atomic E-state index is 12.7. The first kappa shape index (κ1) is 20.2. The molecular formula is C17H9Cl4NO4S. The second-order valence-corrected chi connectivity index (χ2v) is 9.22. The third-order valence-corrected chi connectivity index (χ3v) is 5.88. The van der Waals surface area contributed by atoms with Crippen LogP contribution in [0.3, 0.4) is 0 Å². The predicted molar refractivity (Wildman–Crippen MR) is 108 cm³/mol. The summed E-state index contributed by atoms with van der Waals surface area (Å²) in [6.45, 7) is 0. The van der Waals surface area contributed by atoms with E-state index in [1.165, 1.54) is 24.3 Å². The molecule has 0 aliphatic heterocycles. The molecule has 0 unspecified atom stereocenters. The molecule has 1 heterocycles. The van der Waals surface area contributed by atoms with Crippen LogP contribution in [-0.4, -0.2) is 14.7 Å². The zero-order valence-electron chi connectivity index (χ0n) is 13.2. The third-order valence-electron chi connectivity index (χ3n) is 3.63. The van der Waals surface area contributed by atoms with Crippen LogP contribution in [0.15, 0.2) is 48.5 Å². The maximum Gasteiger partial charge on any atom is 0.350 e. The van der Waals surface area contributed by atoms with E-state index >= 15 is 0 Å². The SMILES string of the molecule is O=C(O[C@H](c1cccc([N+](=O)[O-])c1)C(Cl)(Cl)Cl)c1sc2ccccc2c1Cl. The Bertz CT molecular complexity index is 1030. The molecule has 5 nitrogen and oxygen atoms in total. The molecule has 1 atom stereocenters. The van der Waals surface area contributed by atoms with Gasteiger partial charge in [-0.25, -0.2) is 4.79 Å². The molecule has 0 aliphatic rings. The first-order chi connectivity index (χ1) is 12.7. The molecule has 0 amide bonds. The van der Waals surface area contributed by atoms with E-state index in [1.54, 1.807) is 12.1 Å². The molecule has 0 N–H and O–H groups in total. The highest BCUT2D eigenvalue weighted by molar-refractivity contribution is 7.21. The highest BCUT2D eigenvalue weighted by atomic mass is 35.6. The van der Waals surface area contributed by atoms with Crippen LogP contribution >= 0.6 is 57.7 Å². The fraction of sp³-hybridized carbons (Fsp3) is 0.118. The molecule has 1 aromatic heterocycles. The molecule has 3 aromatic rings. The Kier molecular flexibility index (Phi) is 5.84. The number of thiophene rings is 1. The van der Waals surface area contributed by atoms with Crippen molar-refractivity contribution in [1.82, 2.24) is 0 Å². The topological polar surface area (TPSA) is 69.4 Å². The number of rotatable bonds is 4. The number of non-ortho nitro benzene ring substituents is 1. The second kappa shape index (κ2) is 7.81. The van der Waals surface area contributed by atoms with Crippen LogP contribution in [0.25, 0.3) is 10.1 Å². The van der Waals surface area contributed by atoms with Crippen molar-refractivity contribution in [2.45, 2.75) is 9.90 Å². The minimum Gasteiger partial charge on any atom is -0.449 e. The minimum absolute atomic E-state index is 0.155.